The van der Waals surface area contributed by atoms with Gasteiger partial charge in [0.2, 0.25) is 0 Å². The van der Waals surface area contributed by atoms with Crippen LogP contribution in [0.15, 0.2) is 34.1 Å². The van der Waals surface area contributed by atoms with Gasteiger partial charge in [0.15, 0.2) is 0 Å². The van der Waals surface area contributed by atoms with Crippen LogP contribution < -0.4 is 4.90 Å². The molecule has 0 radical (unpaired) electrons. The Bertz CT molecular complexity index is 965. The van der Waals surface area contributed by atoms with E-state index in [1.165, 1.54) is 0 Å². The molecule has 1 aromatic carbocycles. The summed E-state index contributed by atoms with van der Waals surface area (Å²) >= 11 is 3.54. The molecule has 1 aliphatic carbocycles. The third-order valence-electron chi connectivity index (χ3n) is 5.05. The molecule has 0 saturated heterocycles. The monoisotopic (exact) mass is 490 g/mol. The van der Waals surface area contributed by atoms with Gasteiger partial charge in [-0.1, -0.05) is 21.7 Å². The van der Waals surface area contributed by atoms with Gasteiger partial charge in [0.1, 0.15) is 11.2 Å². The number of benzene rings is 1. The van der Waals surface area contributed by atoms with Crippen LogP contribution in [-0.4, -0.2) is 41.4 Å². The molecule has 1 aromatic rings. The van der Waals surface area contributed by atoms with Gasteiger partial charge in [0.05, 0.1) is 11.4 Å². The first-order valence-electron chi connectivity index (χ1n) is 10.5. The van der Waals surface area contributed by atoms with Crippen LogP contribution in [0.4, 0.5) is 15.3 Å². The standard InChI is InChI=1S/C24H31BrN2O4/c1-23(2,3)30-21(28)26(7)17-9-10-18-13-15(12-17)19-14-16(25)8-11-20(19)27(18)22(29)31-24(4,5)6/h8,11,14,17H,9-10,12H2,1-7H3. The third-order valence-corrected chi connectivity index (χ3v) is 5.54. The molecule has 2 bridgehead atoms. The van der Waals surface area contributed by atoms with E-state index in [9.17, 15) is 9.59 Å². The number of fused-ring (bicyclic) bond motifs is 2. The Morgan fingerprint density at radius 2 is 1.77 bits per heavy atom. The second-order valence-electron chi connectivity index (χ2n) is 10.0. The van der Waals surface area contributed by atoms with E-state index in [0.29, 0.717) is 19.3 Å². The number of amides is 2. The van der Waals surface area contributed by atoms with Crippen molar-refractivity contribution in [3.63, 3.8) is 0 Å². The Morgan fingerprint density at radius 3 is 2.39 bits per heavy atom. The quantitative estimate of drug-likeness (QED) is 0.422. The number of carbonyl (C=O) groups excluding carboxylic acids is 2. The highest BCUT2D eigenvalue weighted by atomic mass is 79.9. The Hall–Kier alpha value is -2.24. The van der Waals surface area contributed by atoms with Crippen molar-refractivity contribution in [2.24, 2.45) is 0 Å². The topological polar surface area (TPSA) is 59.1 Å². The zero-order chi connectivity index (χ0) is 23.1. The van der Waals surface area contributed by atoms with E-state index >= 15 is 0 Å². The van der Waals surface area contributed by atoms with Crippen molar-refractivity contribution < 1.29 is 19.1 Å². The van der Waals surface area contributed by atoms with E-state index in [4.69, 9.17) is 9.47 Å². The van der Waals surface area contributed by atoms with E-state index in [1.54, 1.807) is 16.8 Å². The molecule has 6 nitrogen and oxygen atoms in total. The summed E-state index contributed by atoms with van der Waals surface area (Å²) in [6.07, 6.45) is 1.14. The Balaban J connectivity index is 1.94. The van der Waals surface area contributed by atoms with Crippen LogP contribution in [-0.2, 0) is 9.47 Å². The normalized spacial score (nSPS) is 18.3. The van der Waals surface area contributed by atoms with Gasteiger partial charge in [-0.25, -0.2) is 14.5 Å². The lowest BCUT2D eigenvalue weighted by molar-refractivity contribution is 0.0218. The van der Waals surface area contributed by atoms with Gasteiger partial charge in [-0.15, -0.1) is 0 Å². The Morgan fingerprint density at radius 1 is 1.13 bits per heavy atom. The van der Waals surface area contributed by atoms with Gasteiger partial charge in [-0.2, -0.15) is 0 Å². The van der Waals surface area contributed by atoms with E-state index in [2.05, 4.69) is 21.7 Å². The van der Waals surface area contributed by atoms with Gasteiger partial charge in [-0.3, -0.25) is 0 Å². The molecule has 1 aliphatic heterocycles. The first-order chi connectivity index (χ1) is 14.2. The summed E-state index contributed by atoms with van der Waals surface area (Å²) in [5, 5.41) is 0. The van der Waals surface area contributed by atoms with Crippen LogP contribution in [0.25, 0.3) is 5.57 Å². The highest BCUT2D eigenvalue weighted by molar-refractivity contribution is 9.10. The molecule has 168 valence electrons. The molecule has 1 unspecified atom stereocenters. The molecule has 2 amide bonds. The van der Waals surface area contributed by atoms with Crippen molar-refractivity contribution in [1.29, 1.82) is 0 Å². The fraction of sp³-hybridized carbons (Fsp3) is 0.542. The SMILES string of the molecule is CN(C(=O)OC(C)(C)C)C1CCC2=C=C(C1)c1cc(Br)ccc1N2C(=O)OC(C)(C)C. The van der Waals surface area contributed by atoms with Crippen molar-refractivity contribution in [3.8, 4) is 0 Å². The van der Waals surface area contributed by atoms with Gasteiger partial charge >= 0.3 is 12.2 Å². The maximum Gasteiger partial charge on any atom is 0.419 e. The number of anilines is 1. The van der Waals surface area contributed by atoms with Gasteiger partial charge < -0.3 is 14.4 Å². The van der Waals surface area contributed by atoms with Crippen LogP contribution in [0.3, 0.4) is 0 Å². The number of hydrogen-bond acceptors (Lipinski definition) is 4. The van der Waals surface area contributed by atoms with Crippen LogP contribution in [0.1, 0.15) is 66.4 Å². The second-order valence-corrected chi connectivity index (χ2v) is 10.9. The molecule has 0 fully saturated rings. The molecule has 7 heteroatoms. The van der Waals surface area contributed by atoms with E-state index < -0.39 is 17.3 Å². The predicted molar refractivity (Wildman–Crippen MR) is 125 cm³/mol. The maximum atomic E-state index is 13.1. The summed E-state index contributed by atoms with van der Waals surface area (Å²) in [5.74, 6) is 0. The van der Waals surface area contributed by atoms with E-state index in [1.807, 2.05) is 59.7 Å². The molecule has 0 aromatic heterocycles. The van der Waals surface area contributed by atoms with E-state index in [0.717, 1.165) is 27.0 Å². The molecule has 0 spiro atoms. The summed E-state index contributed by atoms with van der Waals surface area (Å²) in [6, 6.07) is 5.75. The summed E-state index contributed by atoms with van der Waals surface area (Å²) in [7, 11) is 1.77. The maximum absolute atomic E-state index is 13.1. The average molecular weight is 491 g/mol. The van der Waals surface area contributed by atoms with Crippen LogP contribution >= 0.6 is 15.9 Å². The van der Waals surface area contributed by atoms with Crippen LogP contribution in [0.2, 0.25) is 0 Å². The summed E-state index contributed by atoms with van der Waals surface area (Å²) in [5.41, 5.74) is 5.71. The average Bonchev–Trinajstić information content (AvgIpc) is 2.79. The minimum absolute atomic E-state index is 0.0692. The molecule has 1 heterocycles. The lowest BCUT2D eigenvalue weighted by Gasteiger charge is -2.31. The minimum atomic E-state index is -0.610. The number of carbonyl (C=O) groups is 2. The Kier molecular flexibility index (Phi) is 6.32. The van der Waals surface area contributed by atoms with Gasteiger partial charge in [-0.05, 0) is 72.6 Å². The third kappa shape index (κ3) is 5.52. The largest absolute Gasteiger partial charge is 0.444 e. The number of halogens is 1. The van der Waals surface area contributed by atoms with Crippen molar-refractivity contribution >= 4 is 39.4 Å². The lowest BCUT2D eigenvalue weighted by atomic mass is 9.96. The molecule has 1 atom stereocenters. The molecule has 0 saturated carbocycles. The molecule has 0 N–H and O–H groups in total. The van der Waals surface area contributed by atoms with Gasteiger partial charge in [0.25, 0.3) is 0 Å². The van der Waals surface area contributed by atoms with E-state index in [-0.39, 0.29) is 12.1 Å². The van der Waals surface area contributed by atoms with Crippen molar-refractivity contribution in [2.75, 3.05) is 11.9 Å². The van der Waals surface area contributed by atoms with Crippen molar-refractivity contribution in [1.82, 2.24) is 4.90 Å². The number of hydrogen-bond donors (Lipinski definition) is 0. The van der Waals surface area contributed by atoms with Crippen LogP contribution in [0.5, 0.6) is 0 Å². The molecule has 2 aliphatic rings. The van der Waals surface area contributed by atoms with Crippen LogP contribution in [0, 0.1) is 0 Å². The summed E-state index contributed by atoms with van der Waals surface area (Å²) in [4.78, 5) is 29.0. The number of rotatable bonds is 1. The first-order valence-corrected chi connectivity index (χ1v) is 11.3. The molecule has 3 rings (SSSR count). The molecular formula is C24H31BrN2O4. The number of ether oxygens (including phenoxy) is 2. The highest BCUT2D eigenvalue weighted by Gasteiger charge is 2.36. The second kappa shape index (κ2) is 8.36. The van der Waals surface area contributed by atoms with Gasteiger partial charge in [0, 0.05) is 35.1 Å². The lowest BCUT2D eigenvalue weighted by Crippen LogP contribution is -2.40. The molecular weight excluding hydrogens is 460 g/mol. The minimum Gasteiger partial charge on any atom is -0.444 e. The fourth-order valence-electron chi connectivity index (χ4n) is 3.69. The summed E-state index contributed by atoms with van der Waals surface area (Å²) < 4.78 is 12.2. The summed E-state index contributed by atoms with van der Waals surface area (Å²) in [6.45, 7) is 11.1. The fourth-order valence-corrected chi connectivity index (χ4v) is 4.05. The zero-order valence-corrected chi connectivity index (χ0v) is 20.9. The Labute approximate surface area is 193 Å². The first kappa shape index (κ1) is 23.4. The molecule has 31 heavy (non-hydrogen) atoms. The van der Waals surface area contributed by atoms with Crippen molar-refractivity contribution in [2.45, 2.75) is 78.0 Å². The zero-order valence-electron chi connectivity index (χ0n) is 19.3. The number of nitrogens with zero attached hydrogens (tertiary/aromatic N) is 2. The predicted octanol–water partition coefficient (Wildman–Crippen LogP) is 6.49. The highest BCUT2D eigenvalue weighted by Crippen LogP contribution is 2.42. The smallest absolute Gasteiger partial charge is 0.419 e. The van der Waals surface area contributed by atoms with Crippen molar-refractivity contribution in [3.05, 3.63) is 39.7 Å².